The summed E-state index contributed by atoms with van der Waals surface area (Å²) >= 11 is 0. The Morgan fingerprint density at radius 2 is 2.12 bits per heavy atom. The molecule has 0 aliphatic carbocycles. The number of anilines is 1. The summed E-state index contributed by atoms with van der Waals surface area (Å²) in [5.41, 5.74) is 1.02. The smallest absolute Gasteiger partial charge is 0.245 e. The molecular formula is C11H17N5O. The molecule has 0 amide bonds. The molecule has 0 bridgehead atoms. The molecule has 0 aliphatic heterocycles. The van der Waals surface area contributed by atoms with Crippen LogP contribution < -0.4 is 10.1 Å². The van der Waals surface area contributed by atoms with Crippen LogP contribution in [0.15, 0.2) is 6.33 Å². The SMILES string of the molecule is CCNc1nc(OC(C)(C)C)c2[nH]cnc2n1. The Morgan fingerprint density at radius 1 is 1.35 bits per heavy atom. The van der Waals surface area contributed by atoms with Gasteiger partial charge in [-0.15, -0.1) is 0 Å². The predicted molar refractivity (Wildman–Crippen MR) is 66.2 cm³/mol. The fourth-order valence-corrected chi connectivity index (χ4v) is 1.41. The van der Waals surface area contributed by atoms with Gasteiger partial charge in [0, 0.05) is 6.54 Å². The fraction of sp³-hybridized carbons (Fsp3) is 0.545. The number of nitrogens with zero attached hydrogens (tertiary/aromatic N) is 3. The van der Waals surface area contributed by atoms with Gasteiger partial charge in [0.2, 0.25) is 11.8 Å². The zero-order valence-electron chi connectivity index (χ0n) is 10.5. The van der Waals surface area contributed by atoms with E-state index in [4.69, 9.17) is 4.74 Å². The van der Waals surface area contributed by atoms with Crippen LogP contribution >= 0.6 is 0 Å². The van der Waals surface area contributed by atoms with Crippen LogP contribution in [0.25, 0.3) is 11.2 Å². The molecule has 0 atom stereocenters. The molecule has 17 heavy (non-hydrogen) atoms. The van der Waals surface area contributed by atoms with E-state index in [-0.39, 0.29) is 5.60 Å². The van der Waals surface area contributed by atoms with E-state index in [1.54, 1.807) is 6.33 Å². The molecule has 0 aromatic carbocycles. The van der Waals surface area contributed by atoms with Crippen molar-refractivity contribution in [2.75, 3.05) is 11.9 Å². The zero-order valence-corrected chi connectivity index (χ0v) is 10.5. The van der Waals surface area contributed by atoms with E-state index in [9.17, 15) is 0 Å². The number of rotatable bonds is 3. The number of fused-ring (bicyclic) bond motifs is 1. The second-order valence-electron chi connectivity index (χ2n) is 4.70. The van der Waals surface area contributed by atoms with Gasteiger partial charge < -0.3 is 15.0 Å². The second kappa shape index (κ2) is 4.20. The van der Waals surface area contributed by atoms with Gasteiger partial charge in [0.05, 0.1) is 6.33 Å². The molecule has 6 heteroatoms. The molecular weight excluding hydrogens is 218 g/mol. The highest BCUT2D eigenvalue weighted by Gasteiger charge is 2.18. The van der Waals surface area contributed by atoms with E-state index < -0.39 is 0 Å². The molecule has 0 saturated carbocycles. The molecule has 0 saturated heterocycles. The normalized spacial score (nSPS) is 11.8. The molecule has 92 valence electrons. The van der Waals surface area contributed by atoms with Crippen LogP contribution in [0.3, 0.4) is 0 Å². The average molecular weight is 235 g/mol. The Labute approximate surface area is 99.8 Å². The second-order valence-corrected chi connectivity index (χ2v) is 4.70. The first-order chi connectivity index (χ1) is 7.99. The quantitative estimate of drug-likeness (QED) is 0.850. The van der Waals surface area contributed by atoms with Gasteiger partial charge in [0.1, 0.15) is 11.1 Å². The Bertz CT molecular complexity index is 514. The maximum absolute atomic E-state index is 5.80. The van der Waals surface area contributed by atoms with E-state index >= 15 is 0 Å². The van der Waals surface area contributed by atoms with Gasteiger partial charge in [-0.05, 0) is 27.7 Å². The Morgan fingerprint density at radius 3 is 2.76 bits per heavy atom. The number of nitrogens with one attached hydrogen (secondary N) is 2. The van der Waals surface area contributed by atoms with Crippen LogP contribution in [-0.2, 0) is 0 Å². The van der Waals surface area contributed by atoms with Crippen molar-refractivity contribution in [1.82, 2.24) is 19.9 Å². The summed E-state index contributed by atoms with van der Waals surface area (Å²) in [6.07, 6.45) is 1.59. The number of H-pyrrole nitrogens is 1. The Hall–Kier alpha value is -1.85. The zero-order chi connectivity index (χ0) is 12.5. The minimum Gasteiger partial charge on any atom is -0.470 e. The van der Waals surface area contributed by atoms with Crippen LogP contribution in [-0.4, -0.2) is 32.1 Å². The lowest BCUT2D eigenvalue weighted by molar-refractivity contribution is 0.126. The third-order valence-corrected chi connectivity index (χ3v) is 1.99. The highest BCUT2D eigenvalue weighted by molar-refractivity contribution is 5.76. The number of hydrogen-bond acceptors (Lipinski definition) is 5. The molecule has 2 N–H and O–H groups in total. The average Bonchev–Trinajstić information content (AvgIpc) is 2.63. The summed E-state index contributed by atoms with van der Waals surface area (Å²) < 4.78 is 5.80. The number of hydrogen-bond donors (Lipinski definition) is 2. The lowest BCUT2D eigenvalue weighted by atomic mass is 10.2. The molecule has 0 fully saturated rings. The monoisotopic (exact) mass is 235 g/mol. The van der Waals surface area contributed by atoms with E-state index in [1.165, 1.54) is 0 Å². The first kappa shape index (κ1) is 11.6. The van der Waals surface area contributed by atoms with Gasteiger partial charge in [-0.3, -0.25) is 0 Å². The van der Waals surface area contributed by atoms with Crippen molar-refractivity contribution in [3.63, 3.8) is 0 Å². The van der Waals surface area contributed by atoms with Gasteiger partial charge in [0.25, 0.3) is 0 Å². The lowest BCUT2D eigenvalue weighted by Gasteiger charge is -2.20. The number of aromatic amines is 1. The van der Waals surface area contributed by atoms with Crippen LogP contribution in [0.4, 0.5) is 5.95 Å². The van der Waals surface area contributed by atoms with Crippen molar-refractivity contribution in [2.45, 2.75) is 33.3 Å². The highest BCUT2D eigenvalue weighted by atomic mass is 16.5. The number of imidazole rings is 1. The summed E-state index contributed by atoms with van der Waals surface area (Å²) in [6, 6.07) is 0. The summed E-state index contributed by atoms with van der Waals surface area (Å²) in [4.78, 5) is 15.7. The van der Waals surface area contributed by atoms with Crippen molar-refractivity contribution in [3.8, 4) is 5.88 Å². The standard InChI is InChI=1S/C11H17N5O/c1-5-12-10-15-8-7(13-6-14-8)9(16-10)17-11(2,3)4/h6H,5H2,1-4H3,(H2,12,13,14,15,16). The molecule has 2 aromatic heterocycles. The van der Waals surface area contributed by atoms with Gasteiger partial charge in [-0.2, -0.15) is 9.97 Å². The molecule has 2 rings (SSSR count). The fourth-order valence-electron chi connectivity index (χ4n) is 1.41. The van der Waals surface area contributed by atoms with Crippen LogP contribution in [0.5, 0.6) is 5.88 Å². The molecule has 0 spiro atoms. The highest BCUT2D eigenvalue weighted by Crippen LogP contribution is 2.24. The maximum atomic E-state index is 5.80. The first-order valence-electron chi connectivity index (χ1n) is 5.63. The third-order valence-electron chi connectivity index (χ3n) is 1.99. The van der Waals surface area contributed by atoms with Gasteiger partial charge >= 0.3 is 0 Å². The minimum absolute atomic E-state index is 0.310. The topological polar surface area (TPSA) is 75.7 Å². The largest absolute Gasteiger partial charge is 0.470 e. The minimum atomic E-state index is -0.310. The summed E-state index contributed by atoms with van der Waals surface area (Å²) in [5.74, 6) is 1.06. The van der Waals surface area contributed by atoms with Crippen molar-refractivity contribution >= 4 is 17.1 Å². The maximum Gasteiger partial charge on any atom is 0.245 e. The van der Waals surface area contributed by atoms with Gasteiger partial charge in [-0.25, -0.2) is 4.98 Å². The molecule has 6 nitrogen and oxygen atoms in total. The number of aromatic nitrogens is 4. The van der Waals surface area contributed by atoms with Crippen molar-refractivity contribution in [1.29, 1.82) is 0 Å². The van der Waals surface area contributed by atoms with E-state index in [2.05, 4.69) is 25.3 Å². The van der Waals surface area contributed by atoms with Gasteiger partial charge in [-0.1, -0.05) is 0 Å². The van der Waals surface area contributed by atoms with Gasteiger partial charge in [0.15, 0.2) is 5.65 Å². The predicted octanol–water partition coefficient (Wildman–Crippen LogP) is 1.96. The lowest BCUT2D eigenvalue weighted by Crippen LogP contribution is -2.24. The molecule has 2 aromatic rings. The van der Waals surface area contributed by atoms with Crippen LogP contribution in [0.2, 0.25) is 0 Å². The summed E-state index contributed by atoms with van der Waals surface area (Å²) in [6.45, 7) is 8.67. The third kappa shape index (κ3) is 2.64. The van der Waals surface area contributed by atoms with Crippen LogP contribution in [0.1, 0.15) is 27.7 Å². The van der Waals surface area contributed by atoms with Crippen LogP contribution in [0, 0.1) is 0 Å². The van der Waals surface area contributed by atoms with Crippen molar-refractivity contribution in [3.05, 3.63) is 6.33 Å². The Balaban J connectivity index is 2.47. The Kier molecular flexibility index (Phi) is 2.87. The summed E-state index contributed by atoms with van der Waals surface area (Å²) in [7, 11) is 0. The summed E-state index contributed by atoms with van der Waals surface area (Å²) in [5, 5.41) is 3.06. The first-order valence-corrected chi connectivity index (χ1v) is 5.63. The van der Waals surface area contributed by atoms with E-state index in [0.29, 0.717) is 17.5 Å². The molecule has 0 radical (unpaired) electrons. The van der Waals surface area contributed by atoms with Crippen molar-refractivity contribution < 1.29 is 4.74 Å². The van der Waals surface area contributed by atoms with E-state index in [0.717, 1.165) is 12.1 Å². The molecule has 2 heterocycles. The molecule has 0 aliphatic rings. The molecule has 0 unspecified atom stereocenters. The van der Waals surface area contributed by atoms with E-state index in [1.807, 2.05) is 27.7 Å². The number of ether oxygens (including phenoxy) is 1. The van der Waals surface area contributed by atoms with Crippen molar-refractivity contribution in [2.24, 2.45) is 0 Å².